The maximum absolute atomic E-state index is 12.0. The van der Waals surface area contributed by atoms with Gasteiger partial charge in [0.15, 0.2) is 0 Å². The Labute approximate surface area is 128 Å². The number of hydrogen-bond acceptors (Lipinski definition) is 4. The Balaban J connectivity index is 2.62. The largest absolute Gasteiger partial charge is 0.383 e. The third-order valence-electron chi connectivity index (χ3n) is 2.90. The van der Waals surface area contributed by atoms with Crippen LogP contribution in [0.1, 0.15) is 34.1 Å². The molecule has 0 saturated heterocycles. The van der Waals surface area contributed by atoms with Crippen molar-refractivity contribution in [1.29, 1.82) is 0 Å². The predicted octanol–water partition coefficient (Wildman–Crippen LogP) is 2.16. The molecule has 0 amide bonds. The third kappa shape index (κ3) is 6.46. The topological polar surface area (TPSA) is 84.2 Å². The zero-order valence-corrected chi connectivity index (χ0v) is 14.1. The number of nitrogens with one attached hydrogen (secondary N) is 2. The molecule has 21 heavy (non-hydrogen) atoms. The van der Waals surface area contributed by atoms with Crippen molar-refractivity contribution in [2.45, 2.75) is 51.1 Å². The molecule has 1 unspecified atom stereocenters. The van der Waals surface area contributed by atoms with Crippen LogP contribution < -0.4 is 15.8 Å². The van der Waals surface area contributed by atoms with Gasteiger partial charge < -0.3 is 11.1 Å². The third-order valence-corrected chi connectivity index (χ3v) is 4.57. The summed E-state index contributed by atoms with van der Waals surface area (Å²) >= 11 is 0. The van der Waals surface area contributed by atoms with Crippen LogP contribution in [0.3, 0.4) is 0 Å². The average Bonchev–Trinajstić information content (AvgIpc) is 2.34. The van der Waals surface area contributed by atoms with E-state index in [0.29, 0.717) is 12.5 Å². The summed E-state index contributed by atoms with van der Waals surface area (Å²) in [5, 5.41) is 3.23. The quantitative estimate of drug-likeness (QED) is 0.686. The minimum absolute atomic E-state index is 0.0935. The summed E-state index contributed by atoms with van der Waals surface area (Å²) in [6.07, 6.45) is 0.956. The van der Waals surface area contributed by atoms with Crippen molar-refractivity contribution in [2.24, 2.45) is 11.7 Å². The molecule has 1 rings (SSSR count). The van der Waals surface area contributed by atoms with Gasteiger partial charge in [-0.1, -0.05) is 13.8 Å². The van der Waals surface area contributed by atoms with Crippen molar-refractivity contribution in [3.63, 3.8) is 0 Å². The highest BCUT2D eigenvalue weighted by atomic mass is 32.2. The van der Waals surface area contributed by atoms with Crippen molar-refractivity contribution < 1.29 is 8.42 Å². The molecular weight excluding hydrogens is 286 g/mol. The van der Waals surface area contributed by atoms with Gasteiger partial charge >= 0.3 is 0 Å². The van der Waals surface area contributed by atoms with Gasteiger partial charge in [0.25, 0.3) is 0 Å². The zero-order valence-electron chi connectivity index (χ0n) is 13.3. The van der Waals surface area contributed by atoms with Gasteiger partial charge in [-0.3, -0.25) is 0 Å². The Morgan fingerprint density at radius 3 is 2.14 bits per heavy atom. The summed E-state index contributed by atoms with van der Waals surface area (Å²) in [5.41, 5.74) is 6.88. The Hall–Kier alpha value is -1.11. The van der Waals surface area contributed by atoms with Crippen LogP contribution >= 0.6 is 0 Å². The lowest BCUT2D eigenvalue weighted by Gasteiger charge is -2.16. The van der Waals surface area contributed by atoms with Crippen LogP contribution in [0.25, 0.3) is 0 Å². The first-order valence-electron chi connectivity index (χ1n) is 7.32. The number of benzene rings is 1. The van der Waals surface area contributed by atoms with Crippen LogP contribution in [-0.4, -0.2) is 27.0 Å². The van der Waals surface area contributed by atoms with Crippen molar-refractivity contribution in [3.05, 3.63) is 24.3 Å². The summed E-state index contributed by atoms with van der Waals surface area (Å²) < 4.78 is 26.5. The smallest absolute Gasteiger partial charge is 0.240 e. The zero-order chi connectivity index (χ0) is 16.0. The maximum Gasteiger partial charge on any atom is 0.240 e. The molecule has 0 aliphatic heterocycles. The van der Waals surface area contributed by atoms with Crippen molar-refractivity contribution in [3.8, 4) is 0 Å². The second-order valence-corrected chi connectivity index (χ2v) is 7.78. The van der Waals surface area contributed by atoms with Crippen LogP contribution in [-0.2, 0) is 10.0 Å². The predicted molar refractivity (Wildman–Crippen MR) is 87.8 cm³/mol. The molecule has 1 aromatic rings. The lowest BCUT2D eigenvalue weighted by Crippen LogP contribution is -2.31. The monoisotopic (exact) mass is 313 g/mol. The number of hydrogen-bond donors (Lipinski definition) is 3. The fraction of sp³-hybridized carbons (Fsp3) is 0.600. The first-order chi connectivity index (χ1) is 9.70. The highest BCUT2D eigenvalue weighted by Gasteiger charge is 2.14. The summed E-state index contributed by atoms with van der Waals surface area (Å²) in [5.74, 6) is 0.566. The molecule has 0 radical (unpaired) electrons. The minimum atomic E-state index is -3.43. The first kappa shape index (κ1) is 17.9. The van der Waals surface area contributed by atoms with Gasteiger partial charge in [0, 0.05) is 24.3 Å². The molecule has 0 aliphatic carbocycles. The van der Waals surface area contributed by atoms with Gasteiger partial charge in [-0.15, -0.1) is 0 Å². The summed E-state index contributed by atoms with van der Waals surface area (Å²) in [4.78, 5) is 0.272. The highest BCUT2D eigenvalue weighted by Crippen LogP contribution is 2.14. The molecule has 0 fully saturated rings. The van der Waals surface area contributed by atoms with E-state index in [1.807, 2.05) is 0 Å². The molecule has 0 bridgehead atoms. The molecule has 120 valence electrons. The van der Waals surface area contributed by atoms with Crippen molar-refractivity contribution in [2.75, 3.05) is 11.9 Å². The average molecular weight is 313 g/mol. The van der Waals surface area contributed by atoms with Crippen molar-refractivity contribution in [1.82, 2.24) is 4.72 Å². The SMILES string of the molecule is CC(C)CC(N)CNc1ccc(S(=O)(=O)NC(C)C)cc1. The van der Waals surface area contributed by atoms with Gasteiger partial charge in [0.2, 0.25) is 10.0 Å². The summed E-state index contributed by atoms with van der Waals surface area (Å²) in [6, 6.07) is 6.69. The van der Waals surface area contributed by atoms with E-state index in [4.69, 9.17) is 5.73 Å². The van der Waals surface area contributed by atoms with E-state index in [1.54, 1.807) is 38.1 Å². The fourth-order valence-electron chi connectivity index (χ4n) is 2.07. The van der Waals surface area contributed by atoms with Crippen LogP contribution in [0.15, 0.2) is 29.2 Å². The molecule has 1 atom stereocenters. The lowest BCUT2D eigenvalue weighted by atomic mass is 10.0. The van der Waals surface area contributed by atoms with Crippen LogP contribution in [0.5, 0.6) is 0 Å². The molecular formula is C15H27N3O2S. The van der Waals surface area contributed by atoms with E-state index in [-0.39, 0.29) is 17.0 Å². The van der Waals surface area contributed by atoms with E-state index in [1.165, 1.54) is 0 Å². The van der Waals surface area contributed by atoms with E-state index in [9.17, 15) is 8.42 Å². The van der Waals surface area contributed by atoms with Gasteiger partial charge in [0.1, 0.15) is 0 Å². The van der Waals surface area contributed by atoms with Crippen LogP contribution in [0.2, 0.25) is 0 Å². The van der Waals surface area contributed by atoms with Gasteiger partial charge in [0.05, 0.1) is 4.90 Å². The lowest BCUT2D eigenvalue weighted by molar-refractivity contribution is 0.508. The molecule has 1 aromatic carbocycles. The number of sulfonamides is 1. The molecule has 5 nitrogen and oxygen atoms in total. The first-order valence-corrected chi connectivity index (χ1v) is 8.81. The Morgan fingerprint density at radius 2 is 1.67 bits per heavy atom. The molecule has 0 aromatic heterocycles. The van der Waals surface area contributed by atoms with E-state index in [0.717, 1.165) is 12.1 Å². The minimum Gasteiger partial charge on any atom is -0.383 e. The second-order valence-electron chi connectivity index (χ2n) is 6.07. The molecule has 0 heterocycles. The van der Waals surface area contributed by atoms with Crippen LogP contribution in [0, 0.1) is 5.92 Å². The molecule has 6 heteroatoms. The van der Waals surface area contributed by atoms with E-state index < -0.39 is 10.0 Å². The van der Waals surface area contributed by atoms with Gasteiger partial charge in [-0.2, -0.15) is 0 Å². The van der Waals surface area contributed by atoms with E-state index in [2.05, 4.69) is 23.9 Å². The van der Waals surface area contributed by atoms with Gasteiger partial charge in [-0.25, -0.2) is 13.1 Å². The molecule has 0 aliphatic rings. The highest BCUT2D eigenvalue weighted by molar-refractivity contribution is 7.89. The number of anilines is 1. The Kier molecular flexibility index (Phi) is 6.64. The fourth-order valence-corrected chi connectivity index (χ4v) is 3.32. The normalized spacial score (nSPS) is 13.7. The Bertz CT molecular complexity index is 524. The van der Waals surface area contributed by atoms with Crippen molar-refractivity contribution >= 4 is 15.7 Å². The van der Waals surface area contributed by atoms with Crippen LogP contribution in [0.4, 0.5) is 5.69 Å². The molecule has 4 N–H and O–H groups in total. The maximum atomic E-state index is 12.0. The number of nitrogens with two attached hydrogens (primary N) is 1. The standard InChI is InChI=1S/C15H27N3O2S/c1-11(2)9-13(16)10-17-14-5-7-15(8-6-14)21(19,20)18-12(3)4/h5-8,11-13,17-18H,9-10,16H2,1-4H3. The van der Waals surface area contributed by atoms with Gasteiger partial charge in [-0.05, 0) is 50.5 Å². The Morgan fingerprint density at radius 1 is 1.10 bits per heavy atom. The molecule has 0 spiro atoms. The summed E-state index contributed by atoms with van der Waals surface area (Å²) in [7, 11) is -3.43. The number of rotatable bonds is 8. The van der Waals surface area contributed by atoms with E-state index >= 15 is 0 Å². The second kappa shape index (κ2) is 7.77. The molecule has 0 saturated carbocycles. The summed E-state index contributed by atoms with van der Waals surface area (Å²) in [6.45, 7) is 8.55.